The number of benzene rings is 1. The number of nitrogens with two attached hydrogens (primary N) is 1. The van der Waals surface area contributed by atoms with Gasteiger partial charge < -0.3 is 10.5 Å². The summed E-state index contributed by atoms with van der Waals surface area (Å²) in [5, 5.41) is 4.13. The second-order valence-electron chi connectivity index (χ2n) is 4.91. The molecule has 2 rings (SSSR count). The van der Waals surface area contributed by atoms with E-state index in [0.717, 1.165) is 35.4 Å². The molecule has 114 valence electrons. The fraction of sp³-hybridized carbons (Fsp3) is 0.467. The molecular weight excluding hydrogens is 332 g/mol. The molecule has 2 N–H and O–H groups in total. The van der Waals surface area contributed by atoms with Crippen LogP contribution in [0.25, 0.3) is 0 Å². The summed E-state index contributed by atoms with van der Waals surface area (Å²) in [5.74, 6) is 1.65. The van der Waals surface area contributed by atoms with Crippen LogP contribution >= 0.6 is 15.9 Å². The summed E-state index contributed by atoms with van der Waals surface area (Å²) in [6, 6.07) is 6.14. The van der Waals surface area contributed by atoms with Crippen LogP contribution in [0.3, 0.4) is 0 Å². The molecule has 0 radical (unpaired) electrons. The Bertz CT molecular complexity index is 585. The maximum Gasteiger partial charge on any atom is 0.164 e. The first-order chi connectivity index (χ1) is 10.1. The average Bonchev–Trinajstić information content (AvgIpc) is 2.95. The molecule has 1 unspecified atom stereocenters. The number of nitrogens with zero attached hydrogens (tertiary/aromatic N) is 3. The maximum atomic E-state index is 6.03. The Labute approximate surface area is 133 Å². The average molecular weight is 353 g/mol. The van der Waals surface area contributed by atoms with E-state index in [1.54, 1.807) is 6.33 Å². The van der Waals surface area contributed by atoms with Crippen LogP contribution in [0.4, 0.5) is 0 Å². The summed E-state index contributed by atoms with van der Waals surface area (Å²) >= 11 is 3.56. The first kappa shape index (κ1) is 16.0. The summed E-state index contributed by atoms with van der Waals surface area (Å²) in [5.41, 5.74) is 7.20. The second-order valence-corrected chi connectivity index (χ2v) is 5.76. The fourth-order valence-corrected chi connectivity index (χ4v) is 2.44. The van der Waals surface area contributed by atoms with Crippen molar-refractivity contribution in [1.29, 1.82) is 0 Å². The van der Waals surface area contributed by atoms with E-state index in [9.17, 15) is 0 Å². The highest BCUT2D eigenvalue weighted by atomic mass is 79.9. The van der Waals surface area contributed by atoms with Crippen LogP contribution in [0.5, 0.6) is 5.75 Å². The number of aromatic nitrogens is 3. The minimum Gasteiger partial charge on any atom is -0.486 e. The Balaban J connectivity index is 2.05. The lowest BCUT2D eigenvalue weighted by Crippen LogP contribution is -2.21. The zero-order chi connectivity index (χ0) is 15.2. The summed E-state index contributed by atoms with van der Waals surface area (Å²) in [6.07, 6.45) is 3.34. The van der Waals surface area contributed by atoms with Gasteiger partial charge in [0.05, 0.1) is 0 Å². The van der Waals surface area contributed by atoms with Crippen molar-refractivity contribution in [3.63, 3.8) is 0 Å². The quantitative estimate of drug-likeness (QED) is 0.831. The van der Waals surface area contributed by atoms with E-state index in [1.807, 2.05) is 29.8 Å². The van der Waals surface area contributed by atoms with E-state index in [1.165, 1.54) is 5.56 Å². The van der Waals surface area contributed by atoms with Crippen molar-refractivity contribution in [3.05, 3.63) is 40.4 Å². The molecule has 0 aliphatic rings. The molecule has 1 aromatic carbocycles. The van der Waals surface area contributed by atoms with E-state index < -0.39 is 0 Å². The van der Waals surface area contributed by atoms with Crippen LogP contribution in [0.15, 0.2) is 29.0 Å². The number of rotatable bonds is 7. The van der Waals surface area contributed by atoms with Crippen molar-refractivity contribution in [2.75, 3.05) is 0 Å². The number of hydrogen-bond acceptors (Lipinski definition) is 4. The predicted molar refractivity (Wildman–Crippen MR) is 86.1 cm³/mol. The lowest BCUT2D eigenvalue weighted by atomic mass is 10.0. The van der Waals surface area contributed by atoms with Gasteiger partial charge in [0.1, 0.15) is 18.7 Å². The smallest absolute Gasteiger partial charge is 0.164 e. The van der Waals surface area contributed by atoms with Gasteiger partial charge in [-0.2, -0.15) is 5.10 Å². The first-order valence-corrected chi connectivity index (χ1v) is 7.96. The van der Waals surface area contributed by atoms with E-state index >= 15 is 0 Å². The molecule has 0 amide bonds. The Morgan fingerprint density at radius 1 is 1.38 bits per heavy atom. The van der Waals surface area contributed by atoms with E-state index in [-0.39, 0.29) is 6.04 Å². The standard InChI is InChI=1S/C15H21BrN4O/c1-3-12(17)7-11-8-13(5-6-14(11)16)21-9-15-18-10-19-20(15)4-2/h5-6,8,10,12H,3-4,7,9,17H2,1-2H3. The molecule has 1 aromatic heterocycles. The van der Waals surface area contributed by atoms with Crippen molar-refractivity contribution in [2.45, 2.75) is 45.9 Å². The van der Waals surface area contributed by atoms with Crippen molar-refractivity contribution < 1.29 is 4.74 Å². The third-order valence-electron chi connectivity index (χ3n) is 3.39. The fourth-order valence-electron chi connectivity index (χ4n) is 2.04. The first-order valence-electron chi connectivity index (χ1n) is 7.17. The summed E-state index contributed by atoms with van der Waals surface area (Å²) in [7, 11) is 0. The topological polar surface area (TPSA) is 66.0 Å². The van der Waals surface area contributed by atoms with Crippen molar-refractivity contribution in [3.8, 4) is 5.75 Å². The highest BCUT2D eigenvalue weighted by Gasteiger charge is 2.08. The lowest BCUT2D eigenvalue weighted by Gasteiger charge is -2.13. The number of halogens is 1. The minimum absolute atomic E-state index is 0.166. The molecule has 0 saturated carbocycles. The minimum atomic E-state index is 0.166. The molecule has 0 spiro atoms. The van der Waals surface area contributed by atoms with E-state index in [0.29, 0.717) is 6.61 Å². The highest BCUT2D eigenvalue weighted by Crippen LogP contribution is 2.24. The Morgan fingerprint density at radius 2 is 2.19 bits per heavy atom. The molecule has 0 aliphatic carbocycles. The van der Waals surface area contributed by atoms with Crippen molar-refractivity contribution in [2.24, 2.45) is 5.73 Å². The van der Waals surface area contributed by atoms with Gasteiger partial charge in [-0.05, 0) is 43.5 Å². The molecular formula is C15H21BrN4O. The summed E-state index contributed by atoms with van der Waals surface area (Å²) in [4.78, 5) is 4.20. The molecule has 2 aromatic rings. The molecule has 6 heteroatoms. The van der Waals surface area contributed by atoms with Crippen LogP contribution < -0.4 is 10.5 Å². The Hall–Kier alpha value is -1.40. The number of aryl methyl sites for hydroxylation is 1. The molecule has 1 atom stereocenters. The second kappa shape index (κ2) is 7.56. The largest absolute Gasteiger partial charge is 0.486 e. The molecule has 5 nitrogen and oxygen atoms in total. The molecule has 1 heterocycles. The van der Waals surface area contributed by atoms with Gasteiger partial charge in [0, 0.05) is 17.1 Å². The van der Waals surface area contributed by atoms with Gasteiger partial charge in [0.15, 0.2) is 5.82 Å². The van der Waals surface area contributed by atoms with Gasteiger partial charge in [0.25, 0.3) is 0 Å². The lowest BCUT2D eigenvalue weighted by molar-refractivity contribution is 0.287. The van der Waals surface area contributed by atoms with Gasteiger partial charge in [0.2, 0.25) is 0 Å². The maximum absolute atomic E-state index is 6.03. The zero-order valence-electron chi connectivity index (χ0n) is 12.4. The van der Waals surface area contributed by atoms with Gasteiger partial charge in [-0.3, -0.25) is 0 Å². The normalized spacial score (nSPS) is 12.4. The molecule has 21 heavy (non-hydrogen) atoms. The van der Waals surface area contributed by atoms with Gasteiger partial charge in [-0.15, -0.1) is 0 Å². The number of ether oxygens (including phenoxy) is 1. The van der Waals surface area contributed by atoms with Gasteiger partial charge in [-0.25, -0.2) is 9.67 Å². The molecule has 0 fully saturated rings. The SMILES string of the molecule is CCC(N)Cc1cc(OCc2ncnn2CC)ccc1Br. The van der Waals surface area contributed by atoms with Crippen LogP contribution in [0.2, 0.25) is 0 Å². The molecule has 0 saturated heterocycles. The highest BCUT2D eigenvalue weighted by molar-refractivity contribution is 9.10. The van der Waals surface area contributed by atoms with Crippen molar-refractivity contribution >= 4 is 15.9 Å². The van der Waals surface area contributed by atoms with E-state index in [2.05, 4.69) is 32.9 Å². The van der Waals surface area contributed by atoms with Gasteiger partial charge >= 0.3 is 0 Å². The summed E-state index contributed by atoms with van der Waals surface area (Å²) in [6.45, 7) is 5.32. The van der Waals surface area contributed by atoms with Crippen LogP contribution in [-0.2, 0) is 19.6 Å². The van der Waals surface area contributed by atoms with Crippen molar-refractivity contribution in [1.82, 2.24) is 14.8 Å². The predicted octanol–water partition coefficient (Wildman–Crippen LogP) is 2.92. The van der Waals surface area contributed by atoms with Crippen LogP contribution in [-0.4, -0.2) is 20.8 Å². The molecule has 0 bridgehead atoms. The monoisotopic (exact) mass is 352 g/mol. The Morgan fingerprint density at radius 3 is 2.90 bits per heavy atom. The van der Waals surface area contributed by atoms with E-state index in [4.69, 9.17) is 10.5 Å². The van der Waals surface area contributed by atoms with Crippen LogP contribution in [0.1, 0.15) is 31.7 Å². The number of hydrogen-bond donors (Lipinski definition) is 1. The third kappa shape index (κ3) is 4.28. The van der Waals surface area contributed by atoms with Gasteiger partial charge in [-0.1, -0.05) is 22.9 Å². The third-order valence-corrected chi connectivity index (χ3v) is 4.16. The summed E-state index contributed by atoms with van der Waals surface area (Å²) < 4.78 is 8.71. The Kier molecular flexibility index (Phi) is 5.76. The molecule has 0 aliphatic heterocycles. The zero-order valence-corrected chi connectivity index (χ0v) is 14.0. The van der Waals surface area contributed by atoms with Crippen LogP contribution in [0, 0.1) is 0 Å².